The minimum atomic E-state index is -1.10. The smallest absolute Gasteiger partial charge is 0.341 e. The summed E-state index contributed by atoms with van der Waals surface area (Å²) in [4.78, 5) is 15.6. The number of ether oxygens (including phenoxy) is 2. The molecule has 2 heterocycles. The third-order valence-electron chi connectivity index (χ3n) is 4.81. The lowest BCUT2D eigenvalue weighted by Gasteiger charge is -2.11. The van der Waals surface area contributed by atoms with E-state index in [1.165, 1.54) is 0 Å². The van der Waals surface area contributed by atoms with E-state index in [4.69, 9.17) is 47.3 Å². The molecule has 9 heteroatoms. The molecule has 0 fully saturated rings. The number of aryl methyl sites for hydroxylation is 1. The van der Waals surface area contributed by atoms with Crippen molar-refractivity contribution in [3.05, 3.63) is 70.1 Å². The summed E-state index contributed by atoms with van der Waals surface area (Å²) in [6.07, 6.45) is 9.59. The van der Waals surface area contributed by atoms with E-state index in [0.29, 0.717) is 41.1 Å². The predicted octanol–water partition coefficient (Wildman–Crippen LogP) is 7.33. The molecule has 2 aromatic heterocycles. The van der Waals surface area contributed by atoms with Crippen LogP contribution in [0.1, 0.15) is 39.3 Å². The molecule has 1 N–H and O–H groups in total. The normalized spacial score (nSPS) is 12.8. The third-order valence-corrected chi connectivity index (χ3v) is 5.39. The van der Waals surface area contributed by atoms with Gasteiger partial charge in [0.05, 0.1) is 16.1 Å². The number of hydrogen-bond donors (Lipinski definition) is 1. The van der Waals surface area contributed by atoms with Crippen LogP contribution in [0.15, 0.2) is 63.9 Å². The Bertz CT molecular complexity index is 1290. The topological polar surface area (TPSA) is 94.7 Å². The highest BCUT2D eigenvalue weighted by Crippen LogP contribution is 2.37. The molecule has 0 amide bonds. The highest BCUT2D eigenvalue weighted by Gasteiger charge is 2.19. The van der Waals surface area contributed by atoms with E-state index in [1.54, 1.807) is 30.4 Å². The summed E-state index contributed by atoms with van der Waals surface area (Å²) in [6, 6.07) is 6.82. The molecule has 35 heavy (non-hydrogen) atoms. The molecule has 0 atom stereocenters. The zero-order valence-electron chi connectivity index (χ0n) is 19.7. The Morgan fingerprint density at radius 2 is 2.00 bits per heavy atom. The van der Waals surface area contributed by atoms with Crippen molar-refractivity contribution in [3.63, 3.8) is 0 Å². The highest BCUT2D eigenvalue weighted by molar-refractivity contribution is 6.33. The van der Waals surface area contributed by atoms with Crippen molar-refractivity contribution in [1.82, 2.24) is 10.1 Å². The summed E-state index contributed by atoms with van der Waals surface area (Å²) in [5.74, 6) is 0.221. The van der Waals surface area contributed by atoms with Crippen LogP contribution in [0.5, 0.6) is 11.6 Å². The zero-order valence-corrected chi connectivity index (χ0v) is 21.2. The maximum absolute atomic E-state index is 10.9. The minimum absolute atomic E-state index is 0.236. The van der Waals surface area contributed by atoms with Crippen molar-refractivity contribution in [2.45, 2.75) is 40.0 Å². The maximum atomic E-state index is 10.9. The molecule has 7 nitrogen and oxygen atoms in total. The summed E-state index contributed by atoms with van der Waals surface area (Å²) >= 11 is 12.3. The molecule has 0 saturated heterocycles. The van der Waals surface area contributed by atoms with Gasteiger partial charge in [0, 0.05) is 29.1 Å². The molecular weight excluding hydrogens is 491 g/mol. The number of aliphatic carboxylic acids is 1. The first-order valence-electron chi connectivity index (χ1n) is 11.3. The molecule has 4 rings (SSSR count). The largest absolute Gasteiger partial charge is 0.480 e. The number of fused-ring (bicyclic) bond motifs is 1. The van der Waals surface area contributed by atoms with Crippen molar-refractivity contribution >= 4 is 40.1 Å². The summed E-state index contributed by atoms with van der Waals surface area (Å²) in [5.41, 5.74) is 2.59. The molecule has 3 aromatic rings. The van der Waals surface area contributed by atoms with Crippen LogP contribution in [0.4, 0.5) is 0 Å². The first kappa shape index (κ1) is 26.3. The molecular formula is C26H26Cl2N2O5. The van der Waals surface area contributed by atoms with Gasteiger partial charge in [0.25, 0.3) is 0 Å². The Balaban J connectivity index is 0.00000167. The number of carbonyl (C=O) groups is 1. The maximum Gasteiger partial charge on any atom is 0.341 e. The second-order valence-electron chi connectivity index (χ2n) is 7.28. The van der Waals surface area contributed by atoms with Gasteiger partial charge in [-0.2, -0.15) is 0 Å². The van der Waals surface area contributed by atoms with Crippen LogP contribution in [0.25, 0.3) is 22.2 Å². The first-order chi connectivity index (χ1) is 16.9. The lowest BCUT2D eigenvalue weighted by Crippen LogP contribution is -2.09. The van der Waals surface area contributed by atoms with Crippen LogP contribution < -0.4 is 9.47 Å². The third kappa shape index (κ3) is 6.65. The zero-order chi connectivity index (χ0) is 25.4. The number of benzene rings is 1. The van der Waals surface area contributed by atoms with Gasteiger partial charge in [-0.05, 0) is 36.8 Å². The molecule has 0 saturated carbocycles. The highest BCUT2D eigenvalue weighted by atomic mass is 35.5. The summed E-state index contributed by atoms with van der Waals surface area (Å²) in [6.45, 7) is 5.55. The van der Waals surface area contributed by atoms with Gasteiger partial charge < -0.3 is 19.1 Å². The van der Waals surface area contributed by atoms with E-state index < -0.39 is 12.6 Å². The Labute approximate surface area is 213 Å². The SMILES string of the molecule is CC.CCCc1nc(OC2=CC=C(Cl)CC=C2)ccc1-c1noc2cc(Cl)c(OCC(=O)O)cc12. The molecule has 0 spiro atoms. The van der Waals surface area contributed by atoms with Crippen molar-refractivity contribution in [2.75, 3.05) is 6.61 Å². The summed E-state index contributed by atoms with van der Waals surface area (Å²) < 4.78 is 16.7. The minimum Gasteiger partial charge on any atom is -0.480 e. The fourth-order valence-corrected chi connectivity index (χ4v) is 3.70. The number of allylic oxidation sites excluding steroid dienone is 5. The van der Waals surface area contributed by atoms with Crippen LogP contribution in [0, 0.1) is 0 Å². The number of halogens is 2. The summed E-state index contributed by atoms with van der Waals surface area (Å²) in [5, 5.41) is 14.7. The van der Waals surface area contributed by atoms with Crippen LogP contribution in [0.2, 0.25) is 5.02 Å². The Kier molecular flexibility index (Phi) is 9.34. The Morgan fingerprint density at radius 1 is 1.20 bits per heavy atom. The van der Waals surface area contributed by atoms with Crippen LogP contribution in [-0.4, -0.2) is 27.8 Å². The van der Waals surface area contributed by atoms with Gasteiger partial charge in [0.15, 0.2) is 12.2 Å². The van der Waals surface area contributed by atoms with Gasteiger partial charge in [-0.25, -0.2) is 9.78 Å². The number of carboxylic acid groups (broad SMARTS) is 1. The standard InChI is InChI=1S/C24H20Cl2N2O5.C2H6/c1-2-4-19-16(9-10-22(27-19)32-15-6-3-5-14(25)7-8-15)24-17-11-21(31-13-23(29)30)18(26)12-20(17)33-28-24;1-2/h3,6-12H,2,4-5,13H2,1H3,(H,29,30);1-2H3. The van der Waals surface area contributed by atoms with Crippen molar-refractivity contribution < 1.29 is 23.9 Å². The van der Waals surface area contributed by atoms with Gasteiger partial charge in [0.2, 0.25) is 5.88 Å². The summed E-state index contributed by atoms with van der Waals surface area (Å²) in [7, 11) is 0. The fraction of sp³-hybridized carbons (Fsp3) is 0.269. The van der Waals surface area contributed by atoms with Crippen molar-refractivity contribution in [3.8, 4) is 22.9 Å². The Morgan fingerprint density at radius 3 is 2.74 bits per heavy atom. The number of nitrogens with zero attached hydrogens (tertiary/aromatic N) is 2. The van der Waals surface area contributed by atoms with Gasteiger partial charge in [-0.15, -0.1) is 0 Å². The molecule has 0 bridgehead atoms. The Hall–Kier alpha value is -3.29. The lowest BCUT2D eigenvalue weighted by molar-refractivity contribution is -0.139. The van der Waals surface area contributed by atoms with E-state index in [0.717, 1.165) is 22.7 Å². The van der Waals surface area contributed by atoms with Gasteiger partial charge >= 0.3 is 5.97 Å². The van der Waals surface area contributed by atoms with Crippen molar-refractivity contribution in [1.29, 1.82) is 0 Å². The van der Waals surface area contributed by atoms with E-state index in [2.05, 4.69) is 12.1 Å². The van der Waals surface area contributed by atoms with E-state index >= 15 is 0 Å². The van der Waals surface area contributed by atoms with Gasteiger partial charge in [-0.3, -0.25) is 0 Å². The van der Waals surface area contributed by atoms with E-state index in [-0.39, 0.29) is 10.8 Å². The monoisotopic (exact) mass is 516 g/mol. The van der Waals surface area contributed by atoms with Crippen LogP contribution in [0.3, 0.4) is 0 Å². The molecule has 0 unspecified atom stereocenters. The van der Waals surface area contributed by atoms with Crippen molar-refractivity contribution in [2.24, 2.45) is 0 Å². The molecule has 184 valence electrons. The fourth-order valence-electron chi connectivity index (χ4n) is 3.34. The van der Waals surface area contributed by atoms with Gasteiger partial charge in [0.1, 0.15) is 17.2 Å². The number of hydrogen-bond acceptors (Lipinski definition) is 6. The molecule has 1 aliphatic carbocycles. The number of aromatic nitrogens is 2. The molecule has 0 aliphatic heterocycles. The number of pyridine rings is 1. The van der Waals surface area contributed by atoms with E-state index in [9.17, 15) is 4.79 Å². The van der Waals surface area contributed by atoms with Crippen LogP contribution in [-0.2, 0) is 11.2 Å². The average Bonchev–Trinajstić information content (AvgIpc) is 3.13. The van der Waals surface area contributed by atoms with Gasteiger partial charge in [-0.1, -0.05) is 61.6 Å². The first-order valence-corrected chi connectivity index (χ1v) is 12.0. The number of carboxylic acids is 1. The van der Waals surface area contributed by atoms with E-state index in [1.807, 2.05) is 32.1 Å². The number of rotatable bonds is 8. The average molecular weight is 517 g/mol. The lowest BCUT2D eigenvalue weighted by atomic mass is 10.0. The molecule has 0 radical (unpaired) electrons. The predicted molar refractivity (Wildman–Crippen MR) is 137 cm³/mol. The van der Waals surface area contributed by atoms with Crippen LogP contribution >= 0.6 is 23.2 Å². The molecule has 1 aliphatic rings. The second-order valence-corrected chi connectivity index (χ2v) is 8.17. The second kappa shape index (κ2) is 12.4. The quantitative estimate of drug-likeness (QED) is 0.334. The molecule has 1 aromatic carbocycles.